The molecular formula is C17H25N2O2+. The molecule has 4 heteroatoms. The van der Waals surface area contributed by atoms with Crippen LogP contribution in [0.3, 0.4) is 0 Å². The summed E-state index contributed by atoms with van der Waals surface area (Å²) in [6.07, 6.45) is 2.45. The lowest BCUT2D eigenvalue weighted by atomic mass is 9.99. The first-order valence-electron chi connectivity index (χ1n) is 7.74. The fourth-order valence-corrected chi connectivity index (χ4v) is 2.97. The van der Waals surface area contributed by atoms with Crippen molar-refractivity contribution in [2.24, 2.45) is 5.92 Å². The van der Waals surface area contributed by atoms with Crippen LogP contribution in [0.15, 0.2) is 24.3 Å². The number of likely N-dealkylation sites (tertiary alicyclic amines) is 1. The van der Waals surface area contributed by atoms with Crippen molar-refractivity contribution in [2.45, 2.75) is 39.7 Å². The van der Waals surface area contributed by atoms with Crippen LogP contribution >= 0.6 is 0 Å². The van der Waals surface area contributed by atoms with Gasteiger partial charge >= 0.3 is 0 Å². The molecule has 0 spiro atoms. The van der Waals surface area contributed by atoms with E-state index in [1.54, 1.807) is 18.2 Å². The van der Waals surface area contributed by atoms with Crippen LogP contribution in [0.1, 0.15) is 44.0 Å². The molecule has 4 nitrogen and oxygen atoms in total. The maximum absolute atomic E-state index is 12.4. The summed E-state index contributed by atoms with van der Waals surface area (Å²) in [6.45, 7) is 7.88. The normalized spacial score (nSPS) is 23.4. The molecule has 0 bridgehead atoms. The number of rotatable bonds is 4. The van der Waals surface area contributed by atoms with Crippen molar-refractivity contribution in [2.75, 3.05) is 18.4 Å². The smallest absolute Gasteiger partial charge is 0.282 e. The first kappa shape index (κ1) is 15.7. The van der Waals surface area contributed by atoms with Crippen LogP contribution in [0, 0.1) is 5.92 Å². The van der Waals surface area contributed by atoms with E-state index in [2.05, 4.69) is 12.2 Å². The summed E-state index contributed by atoms with van der Waals surface area (Å²) in [4.78, 5) is 25.1. The minimum absolute atomic E-state index is 0.00891. The van der Waals surface area contributed by atoms with Crippen molar-refractivity contribution in [3.63, 3.8) is 0 Å². The van der Waals surface area contributed by atoms with Crippen LogP contribution in [0.5, 0.6) is 0 Å². The third kappa shape index (κ3) is 4.14. The van der Waals surface area contributed by atoms with Gasteiger partial charge in [0.1, 0.15) is 0 Å². The molecule has 21 heavy (non-hydrogen) atoms. The van der Waals surface area contributed by atoms with Crippen molar-refractivity contribution in [3.05, 3.63) is 29.8 Å². The minimum atomic E-state index is -0.0614. The van der Waals surface area contributed by atoms with Gasteiger partial charge in [0.25, 0.3) is 5.91 Å². The molecule has 2 rings (SSSR count). The van der Waals surface area contributed by atoms with Gasteiger partial charge in [-0.1, -0.05) is 19.1 Å². The molecule has 3 atom stereocenters. The molecule has 2 N–H and O–H groups in total. The number of hydrogen-bond acceptors (Lipinski definition) is 2. The van der Waals surface area contributed by atoms with Gasteiger partial charge in [-0.3, -0.25) is 9.59 Å². The zero-order valence-corrected chi connectivity index (χ0v) is 13.1. The summed E-state index contributed by atoms with van der Waals surface area (Å²) in [6, 6.07) is 7.06. The molecular weight excluding hydrogens is 264 g/mol. The number of piperidine rings is 1. The molecule has 1 saturated heterocycles. The van der Waals surface area contributed by atoms with Crippen molar-refractivity contribution in [3.8, 4) is 0 Å². The van der Waals surface area contributed by atoms with E-state index in [1.807, 2.05) is 13.0 Å². The highest BCUT2D eigenvalue weighted by Gasteiger charge is 2.29. The minimum Gasteiger partial charge on any atom is -0.325 e. The van der Waals surface area contributed by atoms with E-state index in [0.717, 1.165) is 13.1 Å². The highest BCUT2D eigenvalue weighted by Crippen LogP contribution is 2.11. The fraction of sp³-hybridized carbons (Fsp3) is 0.529. The highest BCUT2D eigenvalue weighted by molar-refractivity contribution is 5.97. The van der Waals surface area contributed by atoms with Crippen LogP contribution in [-0.4, -0.2) is 30.8 Å². The first-order valence-corrected chi connectivity index (χ1v) is 7.74. The topological polar surface area (TPSA) is 50.6 Å². The fourth-order valence-electron chi connectivity index (χ4n) is 2.97. The lowest BCUT2D eigenvalue weighted by Crippen LogP contribution is -3.17. The number of carbonyl (C=O) groups excluding carboxylic acids is 2. The molecule has 1 aromatic carbocycles. The summed E-state index contributed by atoms with van der Waals surface area (Å²) in [5.74, 6) is 0.722. The number of benzene rings is 1. The second-order valence-electron chi connectivity index (χ2n) is 6.21. The summed E-state index contributed by atoms with van der Waals surface area (Å²) in [7, 11) is 0. The lowest BCUT2D eigenvalue weighted by molar-refractivity contribution is -0.922. The van der Waals surface area contributed by atoms with Gasteiger partial charge in [0.05, 0.1) is 13.1 Å². The number of Topliss-reactive ketones (excluding diaryl/α,β-unsaturated/α-hetero) is 1. The maximum Gasteiger partial charge on any atom is 0.282 e. The second kappa shape index (κ2) is 6.85. The number of nitrogens with one attached hydrogen (secondary N) is 2. The molecule has 0 aromatic heterocycles. The van der Waals surface area contributed by atoms with Gasteiger partial charge in [0.2, 0.25) is 0 Å². The van der Waals surface area contributed by atoms with E-state index >= 15 is 0 Å². The maximum atomic E-state index is 12.4. The Balaban J connectivity index is 2.00. The van der Waals surface area contributed by atoms with Crippen molar-refractivity contribution < 1.29 is 14.5 Å². The summed E-state index contributed by atoms with van der Waals surface area (Å²) in [5.41, 5.74) is 1.32. The predicted molar refractivity (Wildman–Crippen MR) is 83.6 cm³/mol. The Hall–Kier alpha value is -1.68. The van der Waals surface area contributed by atoms with E-state index in [1.165, 1.54) is 24.7 Å². The van der Waals surface area contributed by atoms with Gasteiger partial charge in [0, 0.05) is 17.2 Å². The molecule has 1 aliphatic heterocycles. The molecule has 1 aliphatic rings. The summed E-state index contributed by atoms with van der Waals surface area (Å²) < 4.78 is 0. The van der Waals surface area contributed by atoms with Crippen LogP contribution in [0.2, 0.25) is 0 Å². The molecule has 0 radical (unpaired) electrons. The number of hydrogen-bond donors (Lipinski definition) is 2. The van der Waals surface area contributed by atoms with Crippen molar-refractivity contribution >= 4 is 17.4 Å². The first-order chi connectivity index (χ1) is 9.97. The molecule has 1 unspecified atom stereocenters. The molecule has 0 aliphatic carbocycles. The molecule has 1 heterocycles. The zero-order chi connectivity index (χ0) is 15.4. The van der Waals surface area contributed by atoms with Crippen LogP contribution < -0.4 is 10.2 Å². The molecule has 114 valence electrons. The predicted octanol–water partition coefficient (Wildman–Crippen LogP) is 1.53. The Morgan fingerprint density at radius 2 is 2.14 bits per heavy atom. The number of quaternary nitrogens is 1. The third-order valence-corrected chi connectivity index (χ3v) is 4.35. The van der Waals surface area contributed by atoms with Crippen molar-refractivity contribution in [1.82, 2.24) is 0 Å². The van der Waals surface area contributed by atoms with Crippen LogP contribution in [-0.2, 0) is 4.79 Å². The zero-order valence-electron chi connectivity index (χ0n) is 13.1. The largest absolute Gasteiger partial charge is 0.325 e. The molecule has 1 fully saturated rings. The van der Waals surface area contributed by atoms with E-state index in [-0.39, 0.29) is 17.7 Å². The average molecular weight is 289 g/mol. The van der Waals surface area contributed by atoms with Gasteiger partial charge in [0.15, 0.2) is 11.8 Å². The van der Waals surface area contributed by atoms with Gasteiger partial charge in [-0.05, 0) is 38.8 Å². The van der Waals surface area contributed by atoms with Crippen molar-refractivity contribution in [1.29, 1.82) is 0 Å². The van der Waals surface area contributed by atoms with Gasteiger partial charge in [-0.2, -0.15) is 0 Å². The van der Waals surface area contributed by atoms with E-state index in [0.29, 0.717) is 17.2 Å². The lowest BCUT2D eigenvalue weighted by Gasteiger charge is -2.31. The van der Waals surface area contributed by atoms with Gasteiger partial charge in [-0.15, -0.1) is 0 Å². The monoisotopic (exact) mass is 289 g/mol. The Kier molecular flexibility index (Phi) is 5.12. The number of anilines is 1. The van der Waals surface area contributed by atoms with Crippen LogP contribution in [0.4, 0.5) is 5.69 Å². The quantitative estimate of drug-likeness (QED) is 0.826. The van der Waals surface area contributed by atoms with Crippen LogP contribution in [0.25, 0.3) is 0 Å². The Bertz CT molecular complexity index is 527. The van der Waals surface area contributed by atoms with E-state index in [9.17, 15) is 9.59 Å². The summed E-state index contributed by atoms with van der Waals surface area (Å²) in [5, 5.41) is 2.94. The second-order valence-corrected chi connectivity index (χ2v) is 6.21. The highest BCUT2D eigenvalue weighted by atomic mass is 16.2. The molecule has 1 aromatic rings. The van der Waals surface area contributed by atoms with E-state index < -0.39 is 0 Å². The number of ketones is 1. The average Bonchev–Trinajstić information content (AvgIpc) is 2.46. The number of amides is 1. The summed E-state index contributed by atoms with van der Waals surface area (Å²) >= 11 is 0. The number of carbonyl (C=O) groups is 2. The standard InChI is InChI=1S/C17H24N2O2/c1-12-6-5-9-19(11-12)13(2)17(21)18-16-8-4-7-15(10-16)14(3)20/h4,7-8,10,12-13H,5-6,9,11H2,1-3H3,(H,18,21)/p+1/t12-,13-/m0/s1. The Morgan fingerprint density at radius 3 is 2.81 bits per heavy atom. The third-order valence-electron chi connectivity index (χ3n) is 4.35. The van der Waals surface area contributed by atoms with Gasteiger partial charge in [-0.25, -0.2) is 0 Å². The SMILES string of the molecule is CC(=O)c1cccc(NC(=O)[C@H](C)[NH+]2CCC[C@H](C)C2)c1. The molecule has 0 saturated carbocycles. The van der Waals surface area contributed by atoms with Gasteiger partial charge < -0.3 is 10.2 Å². The Morgan fingerprint density at radius 1 is 1.38 bits per heavy atom. The molecule has 1 amide bonds. The van der Waals surface area contributed by atoms with E-state index in [4.69, 9.17) is 0 Å². The Labute approximate surface area is 126 Å².